The number of aromatic nitrogens is 4. The first kappa shape index (κ1) is 19.5. The largest absolute Gasteiger partial charge is 0.402 e. The van der Waals surface area contributed by atoms with Crippen LogP contribution in [0.4, 0.5) is 11.9 Å². The molecule has 3 heterocycles. The summed E-state index contributed by atoms with van der Waals surface area (Å²) < 4.78 is 6.97. The normalized spacial score (nSPS) is 14.4. The van der Waals surface area contributed by atoms with E-state index in [9.17, 15) is 4.79 Å². The number of carbonyl (C=O) groups excluding carboxylic acids is 1. The second kappa shape index (κ2) is 9.61. The van der Waals surface area contributed by atoms with Gasteiger partial charge in [0.25, 0.3) is 0 Å². The average molecular weight is 390 g/mol. The van der Waals surface area contributed by atoms with Gasteiger partial charge in [0.2, 0.25) is 11.9 Å². The topological polar surface area (TPSA) is 84.1 Å². The highest BCUT2D eigenvalue weighted by molar-refractivity contribution is 7.99. The Morgan fingerprint density at radius 3 is 2.67 bits per heavy atom. The Hall–Kier alpha value is -2.26. The molecule has 1 N–H and O–H groups in total. The van der Waals surface area contributed by atoms with Gasteiger partial charge in [-0.25, -0.2) is 4.79 Å². The number of nitrogens with one attached hydrogen (secondary N) is 1. The molecule has 1 fully saturated rings. The van der Waals surface area contributed by atoms with E-state index in [-0.39, 0.29) is 11.7 Å². The van der Waals surface area contributed by atoms with Gasteiger partial charge in [-0.1, -0.05) is 31.7 Å². The summed E-state index contributed by atoms with van der Waals surface area (Å²) >= 11 is 1.32. The zero-order chi connectivity index (χ0) is 19.1. The van der Waals surface area contributed by atoms with Gasteiger partial charge in [0.05, 0.1) is 13.2 Å². The Kier molecular flexibility index (Phi) is 6.94. The molecule has 144 valence electrons. The van der Waals surface area contributed by atoms with Gasteiger partial charge in [-0.2, -0.15) is 15.0 Å². The highest BCUT2D eigenvalue weighted by Gasteiger charge is 2.19. The minimum Gasteiger partial charge on any atom is -0.378 e. The standard InChI is InChI=1S/C18H25N6O2S/c1-14(2)12-19-16-20-17(24-8-10-26-11-9-24)22-18(21-16)27-13-15(25)23-6-4-3-5-7-23/h3-7,14H,8-13H2,1-2H3,(H,19,20,21,22)/q+1. The van der Waals surface area contributed by atoms with Crippen LogP contribution in [-0.2, 0) is 4.74 Å². The predicted molar refractivity (Wildman–Crippen MR) is 104 cm³/mol. The number of hydrogen-bond acceptors (Lipinski definition) is 8. The van der Waals surface area contributed by atoms with Gasteiger partial charge in [-0.05, 0) is 5.92 Å². The summed E-state index contributed by atoms with van der Waals surface area (Å²) in [5, 5.41) is 3.80. The van der Waals surface area contributed by atoms with Crippen LogP contribution in [0.3, 0.4) is 0 Å². The molecule has 9 heteroatoms. The highest BCUT2D eigenvalue weighted by Crippen LogP contribution is 2.19. The van der Waals surface area contributed by atoms with E-state index < -0.39 is 0 Å². The van der Waals surface area contributed by atoms with Gasteiger partial charge in [-0.15, -0.1) is 4.57 Å². The summed E-state index contributed by atoms with van der Waals surface area (Å²) in [6.45, 7) is 7.84. The van der Waals surface area contributed by atoms with Crippen LogP contribution in [0.25, 0.3) is 0 Å². The molecule has 0 atom stereocenters. The van der Waals surface area contributed by atoms with Crippen LogP contribution < -0.4 is 14.8 Å². The van der Waals surface area contributed by atoms with Crippen molar-refractivity contribution in [2.24, 2.45) is 5.92 Å². The van der Waals surface area contributed by atoms with E-state index >= 15 is 0 Å². The van der Waals surface area contributed by atoms with E-state index in [4.69, 9.17) is 4.74 Å². The molecule has 0 saturated carbocycles. The van der Waals surface area contributed by atoms with E-state index in [1.165, 1.54) is 11.8 Å². The highest BCUT2D eigenvalue weighted by atomic mass is 32.2. The number of rotatable bonds is 7. The van der Waals surface area contributed by atoms with Crippen LogP contribution in [0.2, 0.25) is 0 Å². The minimum atomic E-state index is -0.0226. The molecule has 3 rings (SSSR count). The van der Waals surface area contributed by atoms with Crippen molar-refractivity contribution >= 4 is 29.6 Å². The molecule has 2 aromatic rings. The molecule has 0 aromatic carbocycles. The molecular weight excluding hydrogens is 364 g/mol. The van der Waals surface area contributed by atoms with E-state index in [1.54, 1.807) is 17.0 Å². The summed E-state index contributed by atoms with van der Waals surface area (Å²) in [5.41, 5.74) is 0. The number of carbonyl (C=O) groups is 1. The number of nitrogens with zero attached hydrogens (tertiary/aromatic N) is 5. The van der Waals surface area contributed by atoms with E-state index in [2.05, 4.69) is 39.0 Å². The smallest absolute Gasteiger partial charge is 0.378 e. The van der Waals surface area contributed by atoms with Crippen LogP contribution in [0, 0.1) is 5.92 Å². The first-order valence-electron chi connectivity index (χ1n) is 9.07. The Morgan fingerprint density at radius 2 is 1.96 bits per heavy atom. The maximum atomic E-state index is 12.3. The third kappa shape index (κ3) is 5.86. The fourth-order valence-electron chi connectivity index (χ4n) is 2.46. The maximum absolute atomic E-state index is 12.3. The summed E-state index contributed by atoms with van der Waals surface area (Å²) in [5.74, 6) is 1.88. The second-order valence-corrected chi connectivity index (χ2v) is 7.52. The van der Waals surface area contributed by atoms with Crippen molar-refractivity contribution in [3.8, 4) is 0 Å². The fourth-order valence-corrected chi connectivity index (χ4v) is 3.15. The zero-order valence-corrected chi connectivity index (χ0v) is 16.5. The molecule has 1 aliphatic heterocycles. The molecule has 1 saturated heterocycles. The number of anilines is 2. The second-order valence-electron chi connectivity index (χ2n) is 6.58. The molecule has 0 unspecified atom stereocenters. The van der Waals surface area contributed by atoms with Crippen molar-refractivity contribution in [3.05, 3.63) is 30.6 Å². The molecule has 8 nitrogen and oxygen atoms in total. The van der Waals surface area contributed by atoms with Crippen molar-refractivity contribution in [1.82, 2.24) is 15.0 Å². The Bertz CT molecular complexity index is 753. The third-order valence-electron chi connectivity index (χ3n) is 3.89. The van der Waals surface area contributed by atoms with Gasteiger partial charge in [-0.3, -0.25) is 0 Å². The van der Waals surface area contributed by atoms with E-state index in [0.717, 1.165) is 19.6 Å². The molecule has 0 radical (unpaired) electrons. The number of thioether (sulfide) groups is 1. The monoisotopic (exact) mass is 389 g/mol. The molecule has 1 aliphatic rings. The van der Waals surface area contributed by atoms with Crippen molar-refractivity contribution in [2.45, 2.75) is 19.0 Å². The van der Waals surface area contributed by atoms with Crippen molar-refractivity contribution in [3.63, 3.8) is 0 Å². The summed E-state index contributed by atoms with van der Waals surface area (Å²) in [7, 11) is 0. The lowest BCUT2D eigenvalue weighted by molar-refractivity contribution is -0.572. The molecule has 0 bridgehead atoms. The lowest BCUT2D eigenvalue weighted by Crippen LogP contribution is -2.42. The molecule has 27 heavy (non-hydrogen) atoms. The quantitative estimate of drug-likeness (QED) is 0.563. The lowest BCUT2D eigenvalue weighted by Gasteiger charge is -2.27. The summed E-state index contributed by atoms with van der Waals surface area (Å²) in [6.07, 6.45) is 3.48. The van der Waals surface area contributed by atoms with E-state index in [1.807, 2.05) is 18.2 Å². The van der Waals surface area contributed by atoms with Gasteiger partial charge in [0, 0.05) is 31.8 Å². The van der Waals surface area contributed by atoms with Gasteiger partial charge in [0.1, 0.15) is 5.75 Å². The number of pyridine rings is 1. The van der Waals surface area contributed by atoms with Crippen molar-refractivity contribution in [2.75, 3.05) is 48.8 Å². The maximum Gasteiger partial charge on any atom is 0.402 e. The Balaban J connectivity index is 1.73. The number of morpholine rings is 1. The molecule has 0 amide bonds. The predicted octanol–water partition coefficient (Wildman–Crippen LogP) is 1.50. The number of ether oxygens (including phenoxy) is 1. The van der Waals surface area contributed by atoms with Gasteiger partial charge in [0.15, 0.2) is 17.6 Å². The SMILES string of the molecule is CC(C)CNc1nc(SCC(=O)[n+]2ccccc2)nc(N2CCOCC2)n1. The van der Waals surface area contributed by atoms with Crippen LogP contribution in [0.1, 0.15) is 18.6 Å². The Morgan fingerprint density at radius 1 is 1.22 bits per heavy atom. The first-order chi connectivity index (χ1) is 13.1. The summed E-state index contributed by atoms with van der Waals surface area (Å²) in [6, 6.07) is 5.54. The minimum absolute atomic E-state index is 0.0226. The molecule has 0 spiro atoms. The van der Waals surface area contributed by atoms with E-state index in [0.29, 0.717) is 36.2 Å². The Labute approximate surface area is 163 Å². The van der Waals surface area contributed by atoms with Crippen LogP contribution >= 0.6 is 11.8 Å². The van der Waals surface area contributed by atoms with Crippen molar-refractivity contribution < 1.29 is 14.1 Å². The van der Waals surface area contributed by atoms with Gasteiger partial charge < -0.3 is 15.0 Å². The van der Waals surface area contributed by atoms with Crippen LogP contribution in [0.5, 0.6) is 0 Å². The van der Waals surface area contributed by atoms with Crippen molar-refractivity contribution in [1.29, 1.82) is 0 Å². The third-order valence-corrected chi connectivity index (χ3v) is 4.73. The van der Waals surface area contributed by atoms with Crippen LogP contribution in [0.15, 0.2) is 35.7 Å². The lowest BCUT2D eigenvalue weighted by atomic mass is 10.2. The molecule has 2 aromatic heterocycles. The summed E-state index contributed by atoms with van der Waals surface area (Å²) in [4.78, 5) is 28.0. The zero-order valence-electron chi connectivity index (χ0n) is 15.7. The van der Waals surface area contributed by atoms with Gasteiger partial charge >= 0.3 is 5.91 Å². The average Bonchev–Trinajstić information content (AvgIpc) is 2.71. The molecular formula is C18H25N6O2S+. The molecule has 0 aliphatic carbocycles. The van der Waals surface area contributed by atoms with Crippen LogP contribution in [-0.4, -0.2) is 59.5 Å². The number of hydrogen-bond donors (Lipinski definition) is 1. The fraction of sp³-hybridized carbons (Fsp3) is 0.500. The first-order valence-corrected chi connectivity index (χ1v) is 10.1.